The second-order valence-corrected chi connectivity index (χ2v) is 7.43. The lowest BCUT2D eigenvalue weighted by Crippen LogP contribution is -2.50. The summed E-state index contributed by atoms with van der Waals surface area (Å²) in [7, 11) is 0. The van der Waals surface area contributed by atoms with Crippen molar-refractivity contribution in [2.75, 3.05) is 50.7 Å². The number of hydrogen-bond acceptors (Lipinski definition) is 5. The summed E-state index contributed by atoms with van der Waals surface area (Å²) in [5.41, 5.74) is 7.56. The maximum absolute atomic E-state index is 12.8. The quantitative estimate of drug-likeness (QED) is 0.791. The summed E-state index contributed by atoms with van der Waals surface area (Å²) in [4.78, 5) is 23.7. The summed E-state index contributed by atoms with van der Waals surface area (Å²) < 4.78 is 0. The predicted octanol–water partition coefficient (Wildman–Crippen LogP) is 2.00. The summed E-state index contributed by atoms with van der Waals surface area (Å²) in [5.74, 6) is 1.44. The van der Waals surface area contributed by atoms with Gasteiger partial charge >= 0.3 is 0 Å². The second kappa shape index (κ2) is 10.8. The zero-order chi connectivity index (χ0) is 18.6. The number of piperazine rings is 1. The summed E-state index contributed by atoms with van der Waals surface area (Å²) >= 11 is 0. The van der Waals surface area contributed by atoms with Gasteiger partial charge in [-0.2, -0.15) is 0 Å². The van der Waals surface area contributed by atoms with E-state index in [0.29, 0.717) is 13.1 Å². The summed E-state index contributed by atoms with van der Waals surface area (Å²) in [6.45, 7) is 5.40. The van der Waals surface area contributed by atoms with Crippen molar-refractivity contribution in [3.05, 3.63) is 60.3 Å². The lowest BCUT2D eigenvalue weighted by molar-refractivity contribution is -0.131. The van der Waals surface area contributed by atoms with Crippen molar-refractivity contribution < 1.29 is 4.79 Å². The average Bonchev–Trinajstić information content (AvgIpc) is 3.12. The van der Waals surface area contributed by atoms with Crippen molar-refractivity contribution in [2.45, 2.75) is 12.0 Å². The molecule has 4 rings (SSSR count). The number of benzene rings is 1. The van der Waals surface area contributed by atoms with E-state index in [4.69, 9.17) is 5.73 Å². The molecule has 0 spiro atoms. The predicted molar refractivity (Wildman–Crippen MR) is 121 cm³/mol. The Balaban J connectivity index is 0.00000150. The molecule has 0 aliphatic carbocycles. The van der Waals surface area contributed by atoms with E-state index in [1.54, 1.807) is 0 Å². The van der Waals surface area contributed by atoms with Gasteiger partial charge in [-0.25, -0.2) is 4.98 Å². The molecule has 1 aromatic heterocycles. The minimum atomic E-state index is 0. The fraction of sp³-hybridized carbons (Fsp3) is 0.429. The number of nitrogens with two attached hydrogens (primary N) is 1. The van der Waals surface area contributed by atoms with E-state index in [0.717, 1.165) is 38.5 Å². The molecule has 2 aliphatic rings. The molecule has 1 amide bonds. The molecule has 158 valence electrons. The fourth-order valence-corrected chi connectivity index (χ4v) is 4.05. The zero-order valence-electron chi connectivity index (χ0n) is 16.4. The number of nitrogens with zero attached hydrogens (tertiary/aromatic N) is 4. The van der Waals surface area contributed by atoms with Crippen LogP contribution in [-0.2, 0) is 4.79 Å². The highest BCUT2D eigenvalue weighted by Gasteiger charge is 2.34. The average molecular weight is 438 g/mol. The standard InChI is InChI=1S/C21H27N5O.2ClH/c22-19-15-26(14-18(19)17-6-2-1-3-7-17)21(27)16-24-10-12-25(13-11-24)20-8-4-5-9-23-20;;/h1-9,18-19H,10-16,22H2;2*1H/t18-,19+;;/m0../s1. The Bertz CT molecular complexity index is 756. The molecule has 2 aliphatic heterocycles. The van der Waals surface area contributed by atoms with E-state index in [1.165, 1.54) is 5.56 Å². The first-order chi connectivity index (χ1) is 13.2. The van der Waals surface area contributed by atoms with Gasteiger partial charge in [-0.3, -0.25) is 9.69 Å². The topological polar surface area (TPSA) is 65.7 Å². The van der Waals surface area contributed by atoms with Crippen LogP contribution in [0.15, 0.2) is 54.7 Å². The van der Waals surface area contributed by atoms with Gasteiger partial charge in [-0.15, -0.1) is 24.8 Å². The second-order valence-electron chi connectivity index (χ2n) is 7.43. The van der Waals surface area contributed by atoms with Crippen LogP contribution in [0, 0.1) is 0 Å². The molecule has 0 unspecified atom stereocenters. The van der Waals surface area contributed by atoms with Gasteiger partial charge in [0, 0.05) is 57.4 Å². The first-order valence-electron chi connectivity index (χ1n) is 9.67. The van der Waals surface area contributed by atoms with Gasteiger partial charge in [-0.1, -0.05) is 36.4 Å². The number of amides is 1. The summed E-state index contributed by atoms with van der Waals surface area (Å²) in [6, 6.07) is 16.3. The van der Waals surface area contributed by atoms with Crippen LogP contribution in [0.3, 0.4) is 0 Å². The number of rotatable bonds is 4. The minimum Gasteiger partial charge on any atom is -0.354 e. The van der Waals surface area contributed by atoms with Gasteiger partial charge in [0.05, 0.1) is 6.54 Å². The highest BCUT2D eigenvalue weighted by Crippen LogP contribution is 2.26. The lowest BCUT2D eigenvalue weighted by Gasteiger charge is -2.35. The first-order valence-corrected chi connectivity index (χ1v) is 9.67. The Labute approximate surface area is 184 Å². The molecule has 2 saturated heterocycles. The van der Waals surface area contributed by atoms with Gasteiger partial charge < -0.3 is 15.5 Å². The monoisotopic (exact) mass is 437 g/mol. The third-order valence-corrected chi connectivity index (χ3v) is 5.65. The molecular weight excluding hydrogens is 409 g/mol. The molecule has 8 heteroatoms. The molecule has 2 atom stereocenters. The van der Waals surface area contributed by atoms with Crippen LogP contribution >= 0.6 is 24.8 Å². The third kappa shape index (κ3) is 5.60. The number of anilines is 1. The SMILES string of the molecule is Cl.Cl.N[C@@H]1CN(C(=O)CN2CCN(c3ccccn3)CC2)C[C@H]1c1ccccc1. The summed E-state index contributed by atoms with van der Waals surface area (Å²) in [6.07, 6.45) is 1.82. The van der Waals surface area contributed by atoms with E-state index >= 15 is 0 Å². The maximum Gasteiger partial charge on any atom is 0.236 e. The highest BCUT2D eigenvalue weighted by atomic mass is 35.5. The molecule has 6 nitrogen and oxygen atoms in total. The van der Waals surface area contributed by atoms with Gasteiger partial charge in [0.15, 0.2) is 0 Å². The number of halogens is 2. The Hall–Kier alpha value is -1.86. The minimum absolute atomic E-state index is 0. The van der Waals surface area contributed by atoms with Crippen LogP contribution in [0.5, 0.6) is 0 Å². The van der Waals surface area contributed by atoms with Gasteiger partial charge in [-0.05, 0) is 17.7 Å². The number of aromatic nitrogens is 1. The molecule has 2 N–H and O–H groups in total. The van der Waals surface area contributed by atoms with Crippen LogP contribution in [0.2, 0.25) is 0 Å². The van der Waals surface area contributed by atoms with Gasteiger partial charge in [0.1, 0.15) is 5.82 Å². The smallest absolute Gasteiger partial charge is 0.236 e. The molecule has 0 bridgehead atoms. The molecule has 0 saturated carbocycles. The zero-order valence-corrected chi connectivity index (χ0v) is 18.0. The normalized spacial score (nSPS) is 22.0. The van der Waals surface area contributed by atoms with Crippen molar-refractivity contribution in [1.29, 1.82) is 0 Å². The van der Waals surface area contributed by atoms with E-state index in [2.05, 4.69) is 26.9 Å². The number of hydrogen-bond donors (Lipinski definition) is 1. The largest absolute Gasteiger partial charge is 0.354 e. The molecule has 1 aromatic carbocycles. The first kappa shape index (κ1) is 23.4. The van der Waals surface area contributed by atoms with Crippen molar-refractivity contribution in [2.24, 2.45) is 5.73 Å². The van der Waals surface area contributed by atoms with Crippen molar-refractivity contribution in [3.8, 4) is 0 Å². The van der Waals surface area contributed by atoms with E-state index in [1.807, 2.05) is 47.5 Å². The molecule has 2 fully saturated rings. The molecular formula is C21H29Cl2N5O. The Morgan fingerprint density at radius 1 is 0.966 bits per heavy atom. The molecule has 3 heterocycles. The maximum atomic E-state index is 12.8. The van der Waals surface area contributed by atoms with Crippen LogP contribution < -0.4 is 10.6 Å². The van der Waals surface area contributed by atoms with E-state index in [9.17, 15) is 4.79 Å². The third-order valence-electron chi connectivity index (χ3n) is 5.65. The Morgan fingerprint density at radius 3 is 2.31 bits per heavy atom. The van der Waals surface area contributed by atoms with E-state index in [-0.39, 0.29) is 42.7 Å². The lowest BCUT2D eigenvalue weighted by atomic mass is 9.95. The van der Waals surface area contributed by atoms with E-state index < -0.39 is 0 Å². The number of pyridine rings is 1. The fourth-order valence-electron chi connectivity index (χ4n) is 4.05. The van der Waals surface area contributed by atoms with Crippen molar-refractivity contribution >= 4 is 36.5 Å². The van der Waals surface area contributed by atoms with Crippen LogP contribution in [0.4, 0.5) is 5.82 Å². The molecule has 2 aromatic rings. The van der Waals surface area contributed by atoms with Crippen molar-refractivity contribution in [1.82, 2.24) is 14.8 Å². The Morgan fingerprint density at radius 2 is 1.66 bits per heavy atom. The van der Waals surface area contributed by atoms with Gasteiger partial charge in [0.25, 0.3) is 0 Å². The highest BCUT2D eigenvalue weighted by molar-refractivity contribution is 5.85. The number of likely N-dealkylation sites (tertiary alicyclic amines) is 1. The molecule has 29 heavy (non-hydrogen) atoms. The van der Waals surface area contributed by atoms with Gasteiger partial charge in [0.2, 0.25) is 5.91 Å². The van der Waals surface area contributed by atoms with Crippen LogP contribution in [-0.4, -0.2) is 72.5 Å². The van der Waals surface area contributed by atoms with Crippen molar-refractivity contribution in [3.63, 3.8) is 0 Å². The number of carbonyl (C=O) groups is 1. The number of carbonyl (C=O) groups excluding carboxylic acids is 1. The van der Waals surface area contributed by atoms with Crippen LogP contribution in [0.1, 0.15) is 11.5 Å². The summed E-state index contributed by atoms with van der Waals surface area (Å²) in [5, 5.41) is 0. The van der Waals surface area contributed by atoms with Crippen LogP contribution in [0.25, 0.3) is 0 Å². The Kier molecular flexibility index (Phi) is 8.71. The molecule has 0 radical (unpaired) electrons.